The molecule has 0 radical (unpaired) electrons. The Morgan fingerprint density at radius 1 is 1.21 bits per heavy atom. The molecule has 106 valence electrons. The molecule has 2 heteroatoms. The number of nitrogens with zero attached hydrogens (tertiary/aromatic N) is 1. The number of benzene rings is 1. The van der Waals surface area contributed by atoms with Crippen molar-refractivity contribution in [1.82, 2.24) is 4.90 Å². The summed E-state index contributed by atoms with van der Waals surface area (Å²) in [6.45, 7) is 6.92. The van der Waals surface area contributed by atoms with E-state index < -0.39 is 0 Å². The van der Waals surface area contributed by atoms with Crippen LogP contribution in [-0.4, -0.2) is 25.6 Å². The quantitative estimate of drug-likeness (QED) is 0.480. The summed E-state index contributed by atoms with van der Waals surface area (Å²) in [5.41, 5.74) is 2.34. The fourth-order valence-corrected chi connectivity index (χ4v) is 2.16. The molecule has 1 unspecified atom stereocenters. The van der Waals surface area contributed by atoms with Gasteiger partial charge in [-0.3, -0.25) is 4.90 Å². The fourth-order valence-electron chi connectivity index (χ4n) is 2.16. The number of hydrogen-bond acceptors (Lipinski definition) is 2. The van der Waals surface area contributed by atoms with E-state index in [0.717, 1.165) is 18.6 Å². The van der Waals surface area contributed by atoms with Crippen LogP contribution in [0.1, 0.15) is 50.0 Å². The van der Waals surface area contributed by atoms with E-state index in [-0.39, 0.29) is 6.23 Å². The monoisotopic (exact) mass is 261 g/mol. The third-order valence-corrected chi connectivity index (χ3v) is 3.22. The number of hydrogen-bond donors (Lipinski definition) is 0. The molecule has 19 heavy (non-hydrogen) atoms. The van der Waals surface area contributed by atoms with Crippen LogP contribution in [0.5, 0.6) is 0 Å². The molecular formula is C17H27NO. The topological polar surface area (TPSA) is 12.5 Å². The summed E-state index contributed by atoms with van der Waals surface area (Å²) in [4.78, 5) is 2.11. The van der Waals surface area contributed by atoms with E-state index in [2.05, 4.69) is 50.7 Å². The van der Waals surface area contributed by atoms with Gasteiger partial charge in [-0.1, -0.05) is 63.1 Å². The van der Waals surface area contributed by atoms with Gasteiger partial charge in [0.15, 0.2) is 0 Å². The van der Waals surface area contributed by atoms with Crippen LogP contribution in [0.2, 0.25) is 0 Å². The molecule has 0 N–H and O–H groups in total. The molecule has 1 atom stereocenters. The molecule has 0 amide bonds. The predicted octanol–water partition coefficient (Wildman–Crippen LogP) is 4.49. The van der Waals surface area contributed by atoms with E-state index in [0.29, 0.717) is 0 Å². The van der Waals surface area contributed by atoms with Crippen LogP contribution < -0.4 is 0 Å². The van der Waals surface area contributed by atoms with Gasteiger partial charge in [-0.05, 0) is 26.1 Å². The largest absolute Gasteiger partial charge is 0.359 e. The third-order valence-electron chi connectivity index (χ3n) is 3.22. The highest BCUT2D eigenvalue weighted by atomic mass is 16.5. The first kappa shape index (κ1) is 15.9. The van der Waals surface area contributed by atoms with Crippen molar-refractivity contribution in [2.45, 2.75) is 38.8 Å². The molecular weight excluding hydrogens is 234 g/mol. The highest BCUT2D eigenvalue weighted by Crippen LogP contribution is 2.24. The van der Waals surface area contributed by atoms with Crippen LogP contribution in [-0.2, 0) is 4.74 Å². The van der Waals surface area contributed by atoms with Gasteiger partial charge in [0, 0.05) is 12.2 Å². The van der Waals surface area contributed by atoms with Crippen LogP contribution in [0, 0.1) is 0 Å². The van der Waals surface area contributed by atoms with Gasteiger partial charge in [-0.25, -0.2) is 0 Å². The summed E-state index contributed by atoms with van der Waals surface area (Å²) < 4.78 is 6.06. The summed E-state index contributed by atoms with van der Waals surface area (Å²) in [5.74, 6) is 0. The lowest BCUT2D eigenvalue weighted by molar-refractivity contribution is -0.0400. The zero-order valence-corrected chi connectivity index (χ0v) is 12.6. The van der Waals surface area contributed by atoms with E-state index in [4.69, 9.17) is 4.74 Å². The average molecular weight is 261 g/mol. The Bertz CT molecular complexity index is 373. The van der Waals surface area contributed by atoms with Crippen molar-refractivity contribution in [3.63, 3.8) is 0 Å². The zero-order chi connectivity index (χ0) is 14.1. The summed E-state index contributed by atoms with van der Waals surface area (Å²) in [6.07, 6.45) is 6.84. The zero-order valence-electron chi connectivity index (χ0n) is 12.6. The van der Waals surface area contributed by atoms with E-state index >= 15 is 0 Å². The van der Waals surface area contributed by atoms with E-state index in [1.807, 2.05) is 12.1 Å². The molecule has 0 saturated carbocycles. The minimum absolute atomic E-state index is 0.0100. The molecule has 0 heterocycles. The minimum Gasteiger partial charge on any atom is -0.359 e. The van der Waals surface area contributed by atoms with Crippen LogP contribution in [0.4, 0.5) is 0 Å². The number of ether oxygens (including phenoxy) is 1. The highest BCUT2D eigenvalue weighted by Gasteiger charge is 2.16. The van der Waals surface area contributed by atoms with Crippen LogP contribution in [0.15, 0.2) is 30.8 Å². The van der Waals surface area contributed by atoms with Crippen LogP contribution in [0.3, 0.4) is 0 Å². The Labute approximate surface area is 118 Å². The Balaban J connectivity index is 2.64. The van der Waals surface area contributed by atoms with E-state index in [1.54, 1.807) is 0 Å². The SMILES string of the molecule is C=Cc1ccccc1C(OCCCCCC)N(C)C. The molecule has 0 bridgehead atoms. The maximum absolute atomic E-state index is 6.06. The lowest BCUT2D eigenvalue weighted by Gasteiger charge is -2.26. The molecule has 1 rings (SSSR count). The molecule has 0 aromatic heterocycles. The Morgan fingerprint density at radius 2 is 1.95 bits per heavy atom. The molecule has 0 saturated heterocycles. The second kappa shape index (κ2) is 8.89. The lowest BCUT2D eigenvalue weighted by atomic mass is 10.1. The van der Waals surface area contributed by atoms with Gasteiger partial charge in [-0.15, -0.1) is 0 Å². The van der Waals surface area contributed by atoms with Gasteiger partial charge >= 0.3 is 0 Å². The van der Waals surface area contributed by atoms with Crippen molar-refractivity contribution in [3.8, 4) is 0 Å². The Morgan fingerprint density at radius 3 is 2.58 bits per heavy atom. The fraction of sp³-hybridized carbons (Fsp3) is 0.529. The maximum Gasteiger partial charge on any atom is 0.136 e. The summed E-state index contributed by atoms with van der Waals surface area (Å²) >= 11 is 0. The van der Waals surface area contributed by atoms with Crippen molar-refractivity contribution < 1.29 is 4.74 Å². The van der Waals surface area contributed by atoms with Gasteiger partial charge in [0.05, 0.1) is 0 Å². The van der Waals surface area contributed by atoms with Crippen molar-refractivity contribution in [3.05, 3.63) is 42.0 Å². The highest BCUT2D eigenvalue weighted by molar-refractivity contribution is 5.52. The summed E-state index contributed by atoms with van der Waals surface area (Å²) in [7, 11) is 4.10. The van der Waals surface area contributed by atoms with Gasteiger partial charge in [0.1, 0.15) is 6.23 Å². The van der Waals surface area contributed by atoms with Crippen molar-refractivity contribution >= 4 is 6.08 Å². The van der Waals surface area contributed by atoms with E-state index in [1.165, 1.54) is 24.8 Å². The molecule has 2 nitrogen and oxygen atoms in total. The molecule has 0 fully saturated rings. The first-order chi connectivity index (χ1) is 9.20. The van der Waals surface area contributed by atoms with Gasteiger partial charge in [0.25, 0.3) is 0 Å². The summed E-state index contributed by atoms with van der Waals surface area (Å²) in [5, 5.41) is 0. The molecule has 1 aromatic carbocycles. The van der Waals surface area contributed by atoms with Crippen LogP contribution >= 0.6 is 0 Å². The normalized spacial score (nSPS) is 12.6. The Kier molecular flexibility index (Phi) is 7.46. The van der Waals surface area contributed by atoms with Crippen LogP contribution in [0.25, 0.3) is 6.08 Å². The first-order valence-corrected chi connectivity index (χ1v) is 7.20. The van der Waals surface area contributed by atoms with Crippen molar-refractivity contribution in [2.24, 2.45) is 0 Å². The first-order valence-electron chi connectivity index (χ1n) is 7.20. The maximum atomic E-state index is 6.06. The second-order valence-electron chi connectivity index (χ2n) is 5.08. The van der Waals surface area contributed by atoms with E-state index in [9.17, 15) is 0 Å². The van der Waals surface area contributed by atoms with Gasteiger partial charge < -0.3 is 4.74 Å². The average Bonchev–Trinajstić information content (AvgIpc) is 2.42. The lowest BCUT2D eigenvalue weighted by Crippen LogP contribution is -2.24. The molecule has 0 aliphatic rings. The standard InChI is InChI=1S/C17H27NO/c1-5-7-8-11-14-19-17(18(3)4)16-13-10-9-12-15(16)6-2/h6,9-10,12-13,17H,2,5,7-8,11,14H2,1,3-4H3. The number of unbranched alkanes of at least 4 members (excludes halogenated alkanes) is 3. The Hall–Kier alpha value is -1.12. The predicted molar refractivity (Wildman–Crippen MR) is 83.1 cm³/mol. The molecule has 0 spiro atoms. The minimum atomic E-state index is 0.0100. The molecule has 1 aromatic rings. The smallest absolute Gasteiger partial charge is 0.136 e. The molecule has 0 aliphatic carbocycles. The van der Waals surface area contributed by atoms with Crippen molar-refractivity contribution in [1.29, 1.82) is 0 Å². The van der Waals surface area contributed by atoms with Gasteiger partial charge in [0.2, 0.25) is 0 Å². The number of rotatable bonds is 9. The van der Waals surface area contributed by atoms with Gasteiger partial charge in [-0.2, -0.15) is 0 Å². The summed E-state index contributed by atoms with van der Waals surface area (Å²) in [6, 6.07) is 8.29. The third kappa shape index (κ3) is 5.17. The van der Waals surface area contributed by atoms with Crippen molar-refractivity contribution in [2.75, 3.05) is 20.7 Å². The second-order valence-corrected chi connectivity index (χ2v) is 5.08. The molecule has 0 aliphatic heterocycles.